The van der Waals surface area contributed by atoms with Crippen LogP contribution in [0.2, 0.25) is 10.0 Å². The Morgan fingerprint density at radius 1 is 1.00 bits per heavy atom. The third-order valence-corrected chi connectivity index (χ3v) is 3.25. The van der Waals surface area contributed by atoms with E-state index in [4.69, 9.17) is 23.2 Å². The summed E-state index contributed by atoms with van der Waals surface area (Å²) in [5, 5.41) is 0.981. The smallest absolute Gasteiger partial charge is 0.194 e. The fourth-order valence-corrected chi connectivity index (χ4v) is 2.03. The molecule has 0 saturated heterocycles. The van der Waals surface area contributed by atoms with Gasteiger partial charge in [0.2, 0.25) is 0 Å². The highest BCUT2D eigenvalue weighted by Gasteiger charge is 2.14. The van der Waals surface area contributed by atoms with Crippen LogP contribution >= 0.6 is 23.2 Å². The first kappa shape index (κ1) is 12.2. The van der Waals surface area contributed by atoms with E-state index < -0.39 is 0 Å². The van der Waals surface area contributed by atoms with Gasteiger partial charge in [-0.25, -0.2) is 0 Å². The molecular weight excluding hydrogens is 255 g/mol. The van der Waals surface area contributed by atoms with E-state index in [9.17, 15) is 4.79 Å². The van der Waals surface area contributed by atoms with Gasteiger partial charge in [-0.3, -0.25) is 4.79 Å². The van der Waals surface area contributed by atoms with E-state index in [2.05, 4.69) is 0 Å². The second kappa shape index (κ2) is 4.91. The number of ketones is 1. The average Bonchev–Trinajstić information content (AvgIpc) is 2.34. The number of carbonyl (C=O) groups is 1. The van der Waals surface area contributed by atoms with Crippen LogP contribution in [0.3, 0.4) is 0 Å². The topological polar surface area (TPSA) is 17.1 Å². The average molecular weight is 265 g/mol. The standard InChI is InChI=1S/C14H10Cl2O/c1-9-7-13(16)11(8-12(9)15)14(17)10-5-3-2-4-6-10/h2-8H,1H3. The molecule has 0 fully saturated rings. The van der Waals surface area contributed by atoms with Crippen LogP contribution in [0.1, 0.15) is 21.5 Å². The lowest BCUT2D eigenvalue weighted by molar-refractivity contribution is 0.103. The minimum atomic E-state index is -0.113. The van der Waals surface area contributed by atoms with Crippen LogP contribution in [0.25, 0.3) is 0 Å². The van der Waals surface area contributed by atoms with Crippen molar-refractivity contribution in [2.45, 2.75) is 6.92 Å². The van der Waals surface area contributed by atoms with Crippen molar-refractivity contribution < 1.29 is 4.79 Å². The summed E-state index contributed by atoms with van der Waals surface area (Å²) in [7, 11) is 0. The molecule has 0 radical (unpaired) electrons. The number of rotatable bonds is 2. The maximum Gasteiger partial charge on any atom is 0.194 e. The van der Waals surface area contributed by atoms with E-state index in [1.54, 1.807) is 24.3 Å². The Kier molecular flexibility index (Phi) is 3.51. The quantitative estimate of drug-likeness (QED) is 0.729. The summed E-state index contributed by atoms with van der Waals surface area (Å²) in [5.41, 5.74) is 1.91. The third-order valence-electron chi connectivity index (χ3n) is 2.53. The van der Waals surface area contributed by atoms with Crippen molar-refractivity contribution in [1.29, 1.82) is 0 Å². The van der Waals surface area contributed by atoms with Crippen molar-refractivity contribution in [3.05, 3.63) is 69.2 Å². The molecule has 86 valence electrons. The Labute approximate surface area is 110 Å². The molecule has 2 rings (SSSR count). The molecule has 0 heterocycles. The van der Waals surface area contributed by atoms with Gasteiger partial charge < -0.3 is 0 Å². The maximum absolute atomic E-state index is 12.2. The Bertz CT molecular complexity index is 562. The summed E-state index contributed by atoms with van der Waals surface area (Å²) < 4.78 is 0. The zero-order chi connectivity index (χ0) is 12.4. The summed E-state index contributed by atoms with van der Waals surface area (Å²) >= 11 is 12.1. The van der Waals surface area contributed by atoms with Gasteiger partial charge in [0.15, 0.2) is 5.78 Å². The van der Waals surface area contributed by atoms with Crippen LogP contribution in [0.4, 0.5) is 0 Å². The number of hydrogen-bond acceptors (Lipinski definition) is 1. The first-order valence-electron chi connectivity index (χ1n) is 5.15. The van der Waals surface area contributed by atoms with E-state index in [-0.39, 0.29) is 5.78 Å². The number of hydrogen-bond donors (Lipinski definition) is 0. The molecular formula is C14H10Cl2O. The molecule has 2 aromatic rings. The molecule has 0 aliphatic rings. The van der Waals surface area contributed by atoms with Crippen molar-refractivity contribution in [3.8, 4) is 0 Å². The molecule has 17 heavy (non-hydrogen) atoms. The summed E-state index contributed by atoms with van der Waals surface area (Å²) in [6.07, 6.45) is 0. The fraction of sp³-hybridized carbons (Fsp3) is 0.0714. The van der Waals surface area contributed by atoms with Gasteiger partial charge in [0.1, 0.15) is 0 Å². The summed E-state index contributed by atoms with van der Waals surface area (Å²) in [4.78, 5) is 12.2. The van der Waals surface area contributed by atoms with Gasteiger partial charge in [-0.05, 0) is 24.6 Å². The lowest BCUT2D eigenvalue weighted by Gasteiger charge is -2.06. The van der Waals surface area contributed by atoms with Crippen LogP contribution in [-0.4, -0.2) is 5.78 Å². The zero-order valence-corrected chi connectivity index (χ0v) is 10.7. The minimum Gasteiger partial charge on any atom is -0.289 e. The second-order valence-corrected chi connectivity index (χ2v) is 4.59. The molecule has 0 atom stereocenters. The van der Waals surface area contributed by atoms with E-state index in [1.807, 2.05) is 25.1 Å². The maximum atomic E-state index is 12.2. The molecule has 0 unspecified atom stereocenters. The molecule has 0 spiro atoms. The summed E-state index contributed by atoms with van der Waals surface area (Å²) in [6, 6.07) is 12.3. The lowest BCUT2D eigenvalue weighted by Crippen LogP contribution is -2.02. The van der Waals surface area contributed by atoms with Gasteiger partial charge >= 0.3 is 0 Å². The van der Waals surface area contributed by atoms with Crippen molar-refractivity contribution in [1.82, 2.24) is 0 Å². The van der Waals surface area contributed by atoms with Crippen LogP contribution in [-0.2, 0) is 0 Å². The van der Waals surface area contributed by atoms with Gasteiger partial charge in [-0.15, -0.1) is 0 Å². The molecule has 2 aromatic carbocycles. The predicted molar refractivity (Wildman–Crippen MR) is 71.1 cm³/mol. The SMILES string of the molecule is Cc1cc(Cl)c(C(=O)c2ccccc2)cc1Cl. The fourth-order valence-electron chi connectivity index (χ4n) is 1.57. The van der Waals surface area contributed by atoms with Gasteiger partial charge in [-0.2, -0.15) is 0 Å². The van der Waals surface area contributed by atoms with E-state index >= 15 is 0 Å². The van der Waals surface area contributed by atoms with Crippen molar-refractivity contribution in [2.24, 2.45) is 0 Å². The van der Waals surface area contributed by atoms with E-state index in [0.717, 1.165) is 5.56 Å². The largest absolute Gasteiger partial charge is 0.289 e. The monoisotopic (exact) mass is 264 g/mol. The van der Waals surface area contributed by atoms with Crippen LogP contribution in [0.5, 0.6) is 0 Å². The molecule has 1 nitrogen and oxygen atoms in total. The van der Waals surface area contributed by atoms with Gasteiger partial charge in [-0.1, -0.05) is 53.5 Å². The number of benzene rings is 2. The van der Waals surface area contributed by atoms with Gasteiger partial charge in [0.05, 0.1) is 5.02 Å². The van der Waals surface area contributed by atoms with Crippen LogP contribution < -0.4 is 0 Å². The van der Waals surface area contributed by atoms with Crippen molar-refractivity contribution in [2.75, 3.05) is 0 Å². The highest BCUT2D eigenvalue weighted by atomic mass is 35.5. The normalized spacial score (nSPS) is 10.3. The van der Waals surface area contributed by atoms with Gasteiger partial charge in [0.25, 0.3) is 0 Å². The summed E-state index contributed by atoms with van der Waals surface area (Å²) in [6.45, 7) is 1.85. The minimum absolute atomic E-state index is 0.113. The molecule has 0 aliphatic carbocycles. The highest BCUT2D eigenvalue weighted by Crippen LogP contribution is 2.26. The molecule has 0 amide bonds. The van der Waals surface area contributed by atoms with E-state index in [1.165, 1.54) is 0 Å². The van der Waals surface area contributed by atoms with Crippen molar-refractivity contribution in [3.63, 3.8) is 0 Å². The lowest BCUT2D eigenvalue weighted by atomic mass is 10.0. The Hall–Kier alpha value is -1.31. The first-order valence-corrected chi connectivity index (χ1v) is 5.90. The zero-order valence-electron chi connectivity index (χ0n) is 9.21. The Morgan fingerprint density at radius 2 is 1.65 bits per heavy atom. The molecule has 0 aliphatic heterocycles. The molecule has 0 bridgehead atoms. The Balaban J connectivity index is 2.48. The summed E-state index contributed by atoms with van der Waals surface area (Å²) in [5.74, 6) is -0.113. The molecule has 3 heteroatoms. The Morgan fingerprint density at radius 3 is 2.29 bits per heavy atom. The van der Waals surface area contributed by atoms with Crippen LogP contribution in [0, 0.1) is 6.92 Å². The second-order valence-electron chi connectivity index (χ2n) is 3.78. The first-order chi connectivity index (χ1) is 8.09. The predicted octanol–water partition coefficient (Wildman–Crippen LogP) is 4.53. The number of carbonyl (C=O) groups excluding carboxylic acids is 1. The highest BCUT2D eigenvalue weighted by molar-refractivity contribution is 6.37. The van der Waals surface area contributed by atoms with E-state index in [0.29, 0.717) is 21.2 Å². The number of halogens is 2. The van der Waals surface area contributed by atoms with Crippen molar-refractivity contribution >= 4 is 29.0 Å². The molecule has 0 N–H and O–H groups in total. The number of aryl methyl sites for hydroxylation is 1. The molecule has 0 aromatic heterocycles. The van der Waals surface area contributed by atoms with Crippen LogP contribution in [0.15, 0.2) is 42.5 Å². The molecule has 0 saturated carbocycles. The third kappa shape index (κ3) is 2.51. The van der Waals surface area contributed by atoms with Gasteiger partial charge in [0, 0.05) is 16.1 Å².